The van der Waals surface area contributed by atoms with Crippen LogP contribution in [0.5, 0.6) is 0 Å². The third-order valence-corrected chi connectivity index (χ3v) is 4.86. The van der Waals surface area contributed by atoms with Crippen LogP contribution < -0.4 is 5.32 Å². The van der Waals surface area contributed by atoms with E-state index in [2.05, 4.69) is 47.7 Å². The molecule has 3 nitrogen and oxygen atoms in total. The lowest BCUT2D eigenvalue weighted by atomic mass is 10.2. The maximum atomic E-state index is 4.31. The number of hydrogen-bond acceptors (Lipinski definition) is 5. The van der Waals surface area contributed by atoms with Gasteiger partial charge in [0, 0.05) is 0 Å². The SMILES string of the molecule is CCNC(C)c1nnc(-c2sccc2CC)s1. The van der Waals surface area contributed by atoms with Crippen LogP contribution in [0.25, 0.3) is 9.88 Å². The first kappa shape index (κ1) is 12.7. The molecule has 2 aromatic heterocycles. The van der Waals surface area contributed by atoms with Gasteiger partial charge in [0.2, 0.25) is 0 Å². The van der Waals surface area contributed by atoms with Crippen LogP contribution in [-0.4, -0.2) is 16.7 Å². The second kappa shape index (κ2) is 5.71. The van der Waals surface area contributed by atoms with Gasteiger partial charge in [0.05, 0.1) is 10.9 Å². The molecule has 1 N–H and O–H groups in total. The number of nitrogens with one attached hydrogen (secondary N) is 1. The highest BCUT2D eigenvalue weighted by molar-refractivity contribution is 7.20. The Morgan fingerprint density at radius 2 is 2.18 bits per heavy atom. The van der Waals surface area contributed by atoms with Gasteiger partial charge in [-0.2, -0.15) is 0 Å². The van der Waals surface area contributed by atoms with Crippen LogP contribution in [0.1, 0.15) is 37.4 Å². The zero-order chi connectivity index (χ0) is 12.3. The summed E-state index contributed by atoms with van der Waals surface area (Å²) >= 11 is 3.45. The molecule has 0 aliphatic carbocycles. The lowest BCUT2D eigenvalue weighted by Gasteiger charge is -2.06. The monoisotopic (exact) mass is 267 g/mol. The second-order valence-corrected chi connectivity index (χ2v) is 5.78. The molecule has 1 atom stereocenters. The van der Waals surface area contributed by atoms with Gasteiger partial charge in [-0.05, 0) is 36.9 Å². The zero-order valence-electron chi connectivity index (χ0n) is 10.4. The van der Waals surface area contributed by atoms with Gasteiger partial charge in [-0.3, -0.25) is 0 Å². The van der Waals surface area contributed by atoms with Gasteiger partial charge in [-0.25, -0.2) is 0 Å². The van der Waals surface area contributed by atoms with Gasteiger partial charge in [0.1, 0.15) is 5.01 Å². The lowest BCUT2D eigenvalue weighted by Crippen LogP contribution is -2.17. The summed E-state index contributed by atoms with van der Waals surface area (Å²) in [5, 5.41) is 16.2. The topological polar surface area (TPSA) is 37.8 Å². The Morgan fingerprint density at radius 1 is 1.35 bits per heavy atom. The first-order valence-corrected chi connectivity index (χ1v) is 7.59. The number of aromatic nitrogens is 2. The van der Waals surface area contributed by atoms with E-state index in [-0.39, 0.29) is 6.04 Å². The summed E-state index contributed by atoms with van der Waals surface area (Å²) in [6, 6.07) is 2.46. The van der Waals surface area contributed by atoms with E-state index in [1.807, 2.05) is 0 Å². The average molecular weight is 267 g/mol. The van der Waals surface area contributed by atoms with Gasteiger partial charge in [-0.1, -0.05) is 25.2 Å². The van der Waals surface area contributed by atoms with Crippen molar-refractivity contribution >= 4 is 22.7 Å². The predicted octanol–water partition coefficient (Wildman–Crippen LogP) is 3.50. The summed E-state index contributed by atoms with van der Waals surface area (Å²) in [5.41, 5.74) is 1.37. The molecule has 0 radical (unpaired) electrons. The molecule has 0 bridgehead atoms. The van der Waals surface area contributed by atoms with Crippen LogP contribution in [0.4, 0.5) is 0 Å². The van der Waals surface area contributed by atoms with Crippen LogP contribution in [0.3, 0.4) is 0 Å². The number of thiophene rings is 1. The van der Waals surface area contributed by atoms with Crippen molar-refractivity contribution in [2.45, 2.75) is 33.2 Å². The standard InChI is InChI=1S/C12H17N3S2/c1-4-9-6-7-16-10(9)12-15-14-11(17-12)8(3)13-5-2/h6-8,13H,4-5H2,1-3H3. The molecule has 0 saturated carbocycles. The summed E-state index contributed by atoms with van der Waals surface area (Å²) < 4.78 is 0. The molecular formula is C12H17N3S2. The number of aryl methyl sites for hydroxylation is 1. The third-order valence-electron chi connectivity index (χ3n) is 2.64. The minimum Gasteiger partial charge on any atom is -0.308 e. The van der Waals surface area contributed by atoms with E-state index in [0.29, 0.717) is 0 Å². The molecule has 5 heteroatoms. The van der Waals surface area contributed by atoms with Crippen molar-refractivity contribution in [2.24, 2.45) is 0 Å². The molecular weight excluding hydrogens is 250 g/mol. The quantitative estimate of drug-likeness (QED) is 0.901. The number of hydrogen-bond donors (Lipinski definition) is 1. The molecule has 0 amide bonds. The van der Waals surface area contributed by atoms with Crippen molar-refractivity contribution in [3.05, 3.63) is 22.0 Å². The van der Waals surface area contributed by atoms with Crippen molar-refractivity contribution in [1.29, 1.82) is 0 Å². The van der Waals surface area contributed by atoms with Crippen LogP contribution in [0.2, 0.25) is 0 Å². The van der Waals surface area contributed by atoms with Crippen molar-refractivity contribution < 1.29 is 0 Å². The maximum absolute atomic E-state index is 4.31. The van der Waals surface area contributed by atoms with E-state index in [4.69, 9.17) is 0 Å². The van der Waals surface area contributed by atoms with Crippen LogP contribution in [-0.2, 0) is 6.42 Å². The highest BCUT2D eigenvalue weighted by atomic mass is 32.1. The van der Waals surface area contributed by atoms with Crippen molar-refractivity contribution in [2.75, 3.05) is 6.54 Å². The molecule has 0 saturated heterocycles. The summed E-state index contributed by atoms with van der Waals surface area (Å²) in [7, 11) is 0. The molecule has 0 spiro atoms. The fraction of sp³-hybridized carbons (Fsp3) is 0.500. The fourth-order valence-corrected chi connectivity index (χ4v) is 3.68. The number of nitrogens with zero attached hydrogens (tertiary/aromatic N) is 2. The Hall–Kier alpha value is -0.780. The second-order valence-electron chi connectivity index (χ2n) is 3.85. The van der Waals surface area contributed by atoms with E-state index in [0.717, 1.165) is 23.0 Å². The Labute approximate surface area is 110 Å². The molecule has 2 rings (SSSR count). The largest absolute Gasteiger partial charge is 0.308 e. The average Bonchev–Trinajstić information content (AvgIpc) is 2.97. The van der Waals surface area contributed by atoms with Crippen LogP contribution in [0.15, 0.2) is 11.4 Å². The Morgan fingerprint density at radius 3 is 2.88 bits per heavy atom. The Kier molecular flexibility index (Phi) is 4.25. The van der Waals surface area contributed by atoms with Crippen molar-refractivity contribution in [3.63, 3.8) is 0 Å². The van der Waals surface area contributed by atoms with Crippen LogP contribution >= 0.6 is 22.7 Å². The lowest BCUT2D eigenvalue weighted by molar-refractivity contribution is 0.590. The van der Waals surface area contributed by atoms with Gasteiger partial charge in [0.25, 0.3) is 0 Å². The predicted molar refractivity (Wildman–Crippen MR) is 74.7 cm³/mol. The first-order chi connectivity index (χ1) is 8.26. The summed E-state index contributed by atoms with van der Waals surface area (Å²) in [6.45, 7) is 7.36. The summed E-state index contributed by atoms with van der Waals surface area (Å²) in [4.78, 5) is 1.28. The first-order valence-electron chi connectivity index (χ1n) is 5.89. The summed E-state index contributed by atoms with van der Waals surface area (Å²) in [5.74, 6) is 0. The molecule has 2 aromatic rings. The van der Waals surface area contributed by atoms with Gasteiger partial charge in [-0.15, -0.1) is 21.5 Å². The van der Waals surface area contributed by atoms with E-state index in [1.165, 1.54) is 10.4 Å². The highest BCUT2D eigenvalue weighted by Crippen LogP contribution is 2.33. The molecule has 0 aliphatic heterocycles. The molecule has 92 valence electrons. The van der Waals surface area contributed by atoms with Crippen molar-refractivity contribution in [3.8, 4) is 9.88 Å². The smallest absolute Gasteiger partial charge is 0.158 e. The minimum absolute atomic E-state index is 0.288. The molecule has 0 aromatic carbocycles. The molecule has 0 aliphatic rings. The molecule has 17 heavy (non-hydrogen) atoms. The Bertz CT molecular complexity index is 476. The van der Waals surface area contributed by atoms with E-state index in [1.54, 1.807) is 22.7 Å². The fourth-order valence-electron chi connectivity index (χ4n) is 1.70. The Balaban J connectivity index is 2.23. The van der Waals surface area contributed by atoms with Gasteiger partial charge in [0.15, 0.2) is 5.01 Å². The van der Waals surface area contributed by atoms with E-state index in [9.17, 15) is 0 Å². The third kappa shape index (κ3) is 2.73. The highest BCUT2D eigenvalue weighted by Gasteiger charge is 2.14. The zero-order valence-corrected chi connectivity index (χ0v) is 12.0. The van der Waals surface area contributed by atoms with E-state index < -0.39 is 0 Å². The minimum atomic E-state index is 0.288. The molecule has 1 unspecified atom stereocenters. The van der Waals surface area contributed by atoms with Gasteiger partial charge >= 0.3 is 0 Å². The summed E-state index contributed by atoms with van der Waals surface area (Å²) in [6.07, 6.45) is 1.05. The number of rotatable bonds is 5. The normalized spacial score (nSPS) is 12.9. The maximum Gasteiger partial charge on any atom is 0.158 e. The van der Waals surface area contributed by atoms with E-state index >= 15 is 0 Å². The van der Waals surface area contributed by atoms with Crippen LogP contribution in [0, 0.1) is 0 Å². The molecule has 2 heterocycles. The van der Waals surface area contributed by atoms with Gasteiger partial charge < -0.3 is 5.32 Å². The van der Waals surface area contributed by atoms with Crippen molar-refractivity contribution in [1.82, 2.24) is 15.5 Å². The molecule has 0 fully saturated rings.